The molecule has 3 heterocycles. The molecule has 2 aromatic heterocycles. The molecule has 7 nitrogen and oxygen atoms in total. The van der Waals surface area contributed by atoms with Crippen LogP contribution in [0.3, 0.4) is 0 Å². The van der Waals surface area contributed by atoms with Crippen LogP contribution in [0.2, 0.25) is 0 Å². The minimum atomic E-state index is -3.82. The number of pyridine rings is 1. The summed E-state index contributed by atoms with van der Waals surface area (Å²) in [5.74, 6) is -4.17. The number of nitrogens with zero attached hydrogens (tertiary/aromatic N) is 3. The summed E-state index contributed by atoms with van der Waals surface area (Å²) < 4.78 is 55.7. The first-order valence-electron chi connectivity index (χ1n) is 9.92. The first-order valence-corrected chi connectivity index (χ1v) is 11.4. The van der Waals surface area contributed by atoms with Gasteiger partial charge < -0.3 is 9.72 Å². The van der Waals surface area contributed by atoms with Gasteiger partial charge in [0.05, 0.1) is 10.5 Å². The summed E-state index contributed by atoms with van der Waals surface area (Å²) in [6.45, 7) is 0.224. The van der Waals surface area contributed by atoms with Crippen LogP contribution in [0.15, 0.2) is 59.9 Å². The van der Waals surface area contributed by atoms with Crippen molar-refractivity contribution in [3.63, 3.8) is 0 Å². The molecule has 1 N–H and O–H groups in total. The Hall–Kier alpha value is -2.85. The lowest BCUT2D eigenvalue weighted by Gasteiger charge is -2.38. The third kappa shape index (κ3) is 3.49. The number of fused-ring (bicyclic) bond motifs is 2. The Bertz CT molecular complexity index is 1260. The van der Waals surface area contributed by atoms with Crippen molar-refractivity contribution in [1.82, 2.24) is 19.0 Å². The lowest BCUT2D eigenvalue weighted by atomic mass is 9.72. The summed E-state index contributed by atoms with van der Waals surface area (Å²) in [5, 5.41) is 2.80. The Balaban J connectivity index is 1.23. The average Bonchev–Trinajstić information content (AvgIpc) is 3.37. The lowest BCUT2D eigenvalue weighted by Crippen LogP contribution is -2.46. The zero-order valence-corrected chi connectivity index (χ0v) is 17.2. The molecule has 162 valence electrons. The number of imidazole rings is 1. The fourth-order valence-electron chi connectivity index (χ4n) is 4.32. The minimum Gasteiger partial charge on any atom is -0.348 e. The van der Waals surface area contributed by atoms with Crippen LogP contribution >= 0.6 is 0 Å². The third-order valence-corrected chi connectivity index (χ3v) is 8.00. The third-order valence-electron chi connectivity index (χ3n) is 6.15. The molecule has 1 saturated carbocycles. The molecule has 1 saturated heterocycles. The number of hydrogen-bond donors (Lipinski definition) is 1. The Morgan fingerprint density at radius 3 is 2.65 bits per heavy atom. The number of hydrogen-bond acceptors (Lipinski definition) is 4. The topological polar surface area (TPSA) is 83.8 Å². The molecule has 2 aliphatic rings. The molecule has 1 aliphatic heterocycles. The van der Waals surface area contributed by atoms with Gasteiger partial charge in [-0.25, -0.2) is 22.2 Å². The second kappa shape index (κ2) is 7.10. The van der Waals surface area contributed by atoms with E-state index in [1.54, 1.807) is 47.3 Å². The predicted molar refractivity (Wildman–Crippen MR) is 108 cm³/mol. The standard InChI is InChI=1S/C21H20F2N4O3S/c22-21(23)9-16-12-27(13-18(16)21)31(29,30)17-4-1-14(2-5-17)10-25-20(28)15-3-6-19-24-7-8-26(19)11-15/h1-8,11,16,18H,9-10,12-13H2,(H,25,28)/t16-,18+/m0/s1. The molecule has 1 amide bonds. The largest absolute Gasteiger partial charge is 0.348 e. The van der Waals surface area contributed by atoms with E-state index in [9.17, 15) is 22.0 Å². The molecule has 0 radical (unpaired) electrons. The second-order valence-electron chi connectivity index (χ2n) is 8.09. The first kappa shape index (κ1) is 20.1. The zero-order chi connectivity index (χ0) is 21.8. The van der Waals surface area contributed by atoms with Gasteiger partial charge in [-0.3, -0.25) is 4.79 Å². The lowest BCUT2D eigenvalue weighted by molar-refractivity contribution is -0.152. The number of alkyl halides is 2. The maximum Gasteiger partial charge on any atom is 0.253 e. The van der Waals surface area contributed by atoms with E-state index in [-0.39, 0.29) is 42.8 Å². The monoisotopic (exact) mass is 446 g/mol. The Morgan fingerprint density at radius 1 is 1.16 bits per heavy atom. The number of aromatic nitrogens is 2. The highest BCUT2D eigenvalue weighted by atomic mass is 32.2. The van der Waals surface area contributed by atoms with Crippen molar-refractivity contribution in [2.45, 2.75) is 23.8 Å². The molecule has 0 unspecified atom stereocenters. The molecule has 31 heavy (non-hydrogen) atoms. The Labute approximate surface area is 177 Å². The van der Waals surface area contributed by atoms with Gasteiger partial charge in [-0.15, -0.1) is 0 Å². The second-order valence-corrected chi connectivity index (χ2v) is 10.0. The fourth-order valence-corrected chi connectivity index (χ4v) is 5.84. The van der Waals surface area contributed by atoms with E-state index in [1.165, 1.54) is 12.1 Å². The molecule has 0 bridgehead atoms. The van der Waals surface area contributed by atoms with Crippen molar-refractivity contribution >= 4 is 21.6 Å². The summed E-state index contributed by atoms with van der Waals surface area (Å²) >= 11 is 0. The van der Waals surface area contributed by atoms with Crippen molar-refractivity contribution in [3.8, 4) is 0 Å². The fraction of sp³-hybridized carbons (Fsp3) is 0.333. The first-order chi connectivity index (χ1) is 14.7. The predicted octanol–water partition coefficient (Wildman–Crippen LogP) is 2.54. The van der Waals surface area contributed by atoms with E-state index in [0.717, 1.165) is 15.5 Å². The van der Waals surface area contributed by atoms with Gasteiger partial charge in [0.25, 0.3) is 11.8 Å². The van der Waals surface area contributed by atoms with E-state index in [2.05, 4.69) is 10.3 Å². The van der Waals surface area contributed by atoms with Crippen molar-refractivity contribution in [2.75, 3.05) is 13.1 Å². The number of sulfonamides is 1. The molecule has 1 aromatic carbocycles. The van der Waals surface area contributed by atoms with Gasteiger partial charge >= 0.3 is 0 Å². The summed E-state index contributed by atoms with van der Waals surface area (Å²) in [4.78, 5) is 16.6. The number of carbonyl (C=O) groups is 1. The molecule has 2 atom stereocenters. The van der Waals surface area contributed by atoms with Crippen LogP contribution in [0.1, 0.15) is 22.3 Å². The van der Waals surface area contributed by atoms with Crippen molar-refractivity contribution in [2.24, 2.45) is 11.8 Å². The average molecular weight is 446 g/mol. The van der Waals surface area contributed by atoms with Crippen LogP contribution < -0.4 is 5.32 Å². The molecule has 10 heteroatoms. The number of carbonyl (C=O) groups excluding carboxylic acids is 1. The van der Waals surface area contributed by atoms with Crippen LogP contribution in [-0.4, -0.2) is 47.0 Å². The van der Waals surface area contributed by atoms with Crippen LogP contribution in [0, 0.1) is 11.8 Å². The molecule has 0 spiro atoms. The summed E-state index contributed by atoms with van der Waals surface area (Å²) in [7, 11) is -3.82. The minimum absolute atomic E-state index is 0.0674. The number of rotatable bonds is 5. The normalized spacial score (nSPS) is 22.8. The van der Waals surface area contributed by atoms with Gasteiger partial charge in [0.2, 0.25) is 10.0 Å². The van der Waals surface area contributed by atoms with Gasteiger partial charge in [0.15, 0.2) is 0 Å². The van der Waals surface area contributed by atoms with Gasteiger partial charge in [0.1, 0.15) is 5.65 Å². The Kier molecular flexibility index (Phi) is 4.60. The van der Waals surface area contributed by atoms with Crippen LogP contribution in [-0.2, 0) is 16.6 Å². The van der Waals surface area contributed by atoms with E-state index < -0.39 is 21.9 Å². The van der Waals surface area contributed by atoms with Gasteiger partial charge in [-0.1, -0.05) is 12.1 Å². The maximum atomic E-state index is 13.6. The number of nitrogens with one attached hydrogen (secondary N) is 1. The molecule has 3 aromatic rings. The molecular formula is C21H20F2N4O3S. The van der Waals surface area contributed by atoms with Crippen molar-refractivity contribution in [1.29, 1.82) is 0 Å². The molecular weight excluding hydrogens is 426 g/mol. The van der Waals surface area contributed by atoms with E-state index in [0.29, 0.717) is 5.56 Å². The highest BCUT2D eigenvalue weighted by Gasteiger charge is 2.61. The van der Waals surface area contributed by atoms with E-state index in [4.69, 9.17) is 0 Å². The summed E-state index contributed by atoms with van der Waals surface area (Å²) in [6, 6.07) is 9.56. The van der Waals surface area contributed by atoms with Crippen molar-refractivity contribution in [3.05, 3.63) is 66.1 Å². The number of benzene rings is 1. The van der Waals surface area contributed by atoms with Crippen LogP contribution in [0.5, 0.6) is 0 Å². The number of halogens is 2. The summed E-state index contributed by atoms with van der Waals surface area (Å²) in [6.07, 6.45) is 4.83. The molecule has 5 rings (SSSR count). The van der Waals surface area contributed by atoms with Gasteiger partial charge in [0, 0.05) is 50.6 Å². The van der Waals surface area contributed by atoms with Crippen molar-refractivity contribution < 1.29 is 22.0 Å². The molecule has 2 fully saturated rings. The molecule has 1 aliphatic carbocycles. The highest BCUT2D eigenvalue weighted by molar-refractivity contribution is 7.89. The van der Waals surface area contributed by atoms with Gasteiger partial charge in [-0.05, 0) is 35.7 Å². The SMILES string of the molecule is O=C(NCc1ccc(S(=O)(=O)N2C[C@@H]3CC(F)(F)[C@@H]3C2)cc1)c1ccc2nccn2c1. The number of amides is 1. The van der Waals surface area contributed by atoms with Gasteiger partial charge in [-0.2, -0.15) is 4.31 Å². The summed E-state index contributed by atoms with van der Waals surface area (Å²) in [5.41, 5.74) is 1.94. The highest BCUT2D eigenvalue weighted by Crippen LogP contribution is 2.52. The van der Waals surface area contributed by atoms with Crippen LogP contribution in [0.4, 0.5) is 8.78 Å². The quantitative estimate of drug-likeness (QED) is 0.653. The Morgan fingerprint density at radius 2 is 1.94 bits per heavy atom. The maximum absolute atomic E-state index is 13.6. The van der Waals surface area contributed by atoms with E-state index in [1.807, 2.05) is 0 Å². The van der Waals surface area contributed by atoms with E-state index >= 15 is 0 Å². The van der Waals surface area contributed by atoms with Crippen LogP contribution in [0.25, 0.3) is 5.65 Å². The zero-order valence-electron chi connectivity index (χ0n) is 16.4. The smallest absolute Gasteiger partial charge is 0.253 e.